The van der Waals surface area contributed by atoms with E-state index >= 15 is 0 Å². The average Bonchev–Trinajstić information content (AvgIpc) is 3.47. The molecule has 2 aromatic heterocycles. The number of nitrogens with two attached hydrogens (primary N) is 1. The van der Waals surface area contributed by atoms with Crippen molar-refractivity contribution in [2.75, 3.05) is 37.9 Å². The van der Waals surface area contributed by atoms with Crippen LogP contribution in [0.5, 0.6) is 0 Å². The van der Waals surface area contributed by atoms with Crippen LogP contribution in [0.3, 0.4) is 0 Å². The molecule has 1 aliphatic rings. The lowest BCUT2D eigenvalue weighted by atomic mass is 9.95. The zero-order valence-electron chi connectivity index (χ0n) is 20.0. The number of hydrogen-bond donors (Lipinski definition) is 4. The highest BCUT2D eigenvalue weighted by atomic mass is 32.2. The number of carbonyl (C=O) groups excluding carboxylic acids is 1. The lowest BCUT2D eigenvalue weighted by Crippen LogP contribution is -2.34. The molecule has 0 aromatic carbocycles. The number of hydrogen-bond acceptors (Lipinski definition) is 12. The second kappa shape index (κ2) is 12.1. The maximum atomic E-state index is 13.2. The fraction of sp³-hybridized carbons (Fsp3) is 0.700. The monoisotopic (exact) mass is 532 g/mol. The van der Waals surface area contributed by atoms with Gasteiger partial charge in [0.1, 0.15) is 18.1 Å². The van der Waals surface area contributed by atoms with Gasteiger partial charge in [-0.15, -0.1) is 0 Å². The standard InChI is InChI=1S/C20H33N6O7PS/c1-13(2)25-34(30,31-6-7-35-19(29)20(3,9-27)10-28)32-8-14-4-5-15(33-14)26-12-24-16-17(21)22-11-23-18(16)26/h11-15,27-28H,4-10H2,1-3H3,(H,25,30)(H2,21,22,23)/t14-,15+,34?/m1/s1. The molecular weight excluding hydrogens is 499 g/mol. The third-order valence-electron chi connectivity index (χ3n) is 5.40. The van der Waals surface area contributed by atoms with E-state index in [0.717, 1.165) is 11.8 Å². The fourth-order valence-electron chi connectivity index (χ4n) is 3.35. The van der Waals surface area contributed by atoms with Crippen molar-refractivity contribution < 1.29 is 33.4 Å². The van der Waals surface area contributed by atoms with E-state index < -0.39 is 26.4 Å². The van der Waals surface area contributed by atoms with Crippen molar-refractivity contribution in [1.82, 2.24) is 24.6 Å². The van der Waals surface area contributed by atoms with E-state index in [1.165, 1.54) is 13.3 Å². The number of aromatic nitrogens is 4. The summed E-state index contributed by atoms with van der Waals surface area (Å²) in [7, 11) is -3.68. The molecule has 3 atom stereocenters. The van der Waals surface area contributed by atoms with Gasteiger partial charge in [0.2, 0.25) is 0 Å². The van der Waals surface area contributed by atoms with Gasteiger partial charge in [0.25, 0.3) is 0 Å². The molecule has 1 aliphatic heterocycles. The predicted molar refractivity (Wildman–Crippen MR) is 130 cm³/mol. The number of nitrogen functional groups attached to an aromatic ring is 1. The average molecular weight is 533 g/mol. The van der Waals surface area contributed by atoms with Gasteiger partial charge in [-0.3, -0.25) is 18.4 Å². The van der Waals surface area contributed by atoms with Crippen LogP contribution in [0.2, 0.25) is 0 Å². The molecule has 0 radical (unpaired) electrons. The molecule has 0 spiro atoms. The number of ether oxygens (including phenoxy) is 1. The summed E-state index contributed by atoms with van der Waals surface area (Å²) in [4.78, 5) is 24.6. The topological polar surface area (TPSA) is 184 Å². The Labute approximate surface area is 207 Å². The quantitative estimate of drug-likeness (QED) is 0.215. The van der Waals surface area contributed by atoms with Crippen molar-refractivity contribution in [2.24, 2.45) is 5.41 Å². The molecule has 196 valence electrons. The number of rotatable bonds is 13. The summed E-state index contributed by atoms with van der Waals surface area (Å²) in [5.74, 6) is 0.476. The minimum absolute atomic E-state index is 0.0311. The molecule has 0 amide bonds. The molecule has 13 nitrogen and oxygen atoms in total. The maximum Gasteiger partial charge on any atom is 0.405 e. The van der Waals surface area contributed by atoms with Crippen LogP contribution in [0, 0.1) is 5.41 Å². The van der Waals surface area contributed by atoms with Crippen molar-refractivity contribution >= 4 is 41.6 Å². The minimum Gasteiger partial charge on any atom is -0.395 e. The Morgan fingerprint density at radius 3 is 2.77 bits per heavy atom. The zero-order chi connectivity index (χ0) is 25.6. The first-order valence-corrected chi connectivity index (χ1v) is 13.8. The third-order valence-corrected chi connectivity index (χ3v) is 8.37. The Balaban J connectivity index is 1.52. The highest BCUT2D eigenvalue weighted by molar-refractivity contribution is 8.13. The molecule has 5 N–H and O–H groups in total. The van der Waals surface area contributed by atoms with Crippen LogP contribution >= 0.6 is 19.5 Å². The number of thioether (sulfide) groups is 1. The van der Waals surface area contributed by atoms with Crippen molar-refractivity contribution in [3.05, 3.63) is 12.7 Å². The van der Waals surface area contributed by atoms with Gasteiger partial charge in [-0.25, -0.2) is 24.6 Å². The van der Waals surface area contributed by atoms with Crippen molar-refractivity contribution in [3.63, 3.8) is 0 Å². The first-order chi connectivity index (χ1) is 16.6. The van der Waals surface area contributed by atoms with E-state index in [1.807, 2.05) is 13.8 Å². The molecule has 15 heteroatoms. The van der Waals surface area contributed by atoms with E-state index in [-0.39, 0.29) is 42.5 Å². The van der Waals surface area contributed by atoms with Crippen LogP contribution in [0.15, 0.2) is 12.7 Å². The second-order valence-electron chi connectivity index (χ2n) is 8.80. The lowest BCUT2D eigenvalue weighted by molar-refractivity contribution is -0.123. The number of fused-ring (bicyclic) bond motifs is 1. The number of imidazole rings is 1. The molecule has 0 bridgehead atoms. The van der Waals surface area contributed by atoms with E-state index in [2.05, 4.69) is 20.0 Å². The molecule has 1 saturated heterocycles. The van der Waals surface area contributed by atoms with Gasteiger partial charge in [0.05, 0.1) is 44.3 Å². The first kappa shape index (κ1) is 27.9. The number of aliphatic hydroxyl groups excluding tert-OH is 2. The molecule has 1 unspecified atom stereocenters. The molecular formula is C20H33N6O7PS. The van der Waals surface area contributed by atoms with Gasteiger partial charge in [0, 0.05) is 11.8 Å². The summed E-state index contributed by atoms with van der Waals surface area (Å²) in [5.41, 5.74) is 5.69. The van der Waals surface area contributed by atoms with Gasteiger partial charge in [-0.05, 0) is 33.6 Å². The number of nitrogens with one attached hydrogen (secondary N) is 1. The molecule has 2 aromatic rings. The molecule has 1 fully saturated rings. The molecule has 3 rings (SSSR count). The third kappa shape index (κ3) is 6.98. The summed E-state index contributed by atoms with van der Waals surface area (Å²) in [5, 5.41) is 21.1. The van der Waals surface area contributed by atoms with Crippen LogP contribution in [-0.2, 0) is 23.1 Å². The highest BCUT2D eigenvalue weighted by Crippen LogP contribution is 2.45. The summed E-state index contributed by atoms with van der Waals surface area (Å²) in [6, 6.07) is -0.179. The number of anilines is 1. The van der Waals surface area contributed by atoms with E-state index in [0.29, 0.717) is 29.8 Å². The fourth-order valence-corrected chi connectivity index (χ4v) is 5.85. The van der Waals surface area contributed by atoms with E-state index in [9.17, 15) is 19.6 Å². The zero-order valence-corrected chi connectivity index (χ0v) is 21.7. The maximum absolute atomic E-state index is 13.2. The molecule has 0 saturated carbocycles. The molecule has 35 heavy (non-hydrogen) atoms. The van der Waals surface area contributed by atoms with Gasteiger partial charge in [-0.1, -0.05) is 11.8 Å². The summed E-state index contributed by atoms with van der Waals surface area (Å²) in [6.45, 7) is 4.17. The van der Waals surface area contributed by atoms with Crippen molar-refractivity contribution in [3.8, 4) is 0 Å². The van der Waals surface area contributed by atoms with Crippen molar-refractivity contribution in [2.45, 2.75) is 52.0 Å². The van der Waals surface area contributed by atoms with Crippen LogP contribution in [0.25, 0.3) is 11.2 Å². The predicted octanol–water partition coefficient (Wildman–Crippen LogP) is 1.48. The van der Waals surface area contributed by atoms with Gasteiger partial charge in [-0.2, -0.15) is 0 Å². The number of carbonyl (C=O) groups is 1. The largest absolute Gasteiger partial charge is 0.405 e. The molecule has 0 aliphatic carbocycles. The highest BCUT2D eigenvalue weighted by Gasteiger charge is 2.34. The number of nitrogens with zero attached hydrogens (tertiary/aromatic N) is 4. The van der Waals surface area contributed by atoms with E-state index in [1.54, 1.807) is 10.9 Å². The summed E-state index contributed by atoms with van der Waals surface area (Å²) < 4.78 is 32.3. The van der Waals surface area contributed by atoms with Crippen LogP contribution < -0.4 is 10.8 Å². The Kier molecular flexibility index (Phi) is 9.63. The Morgan fingerprint density at radius 2 is 2.09 bits per heavy atom. The lowest BCUT2D eigenvalue weighted by Gasteiger charge is -2.24. The Morgan fingerprint density at radius 1 is 1.34 bits per heavy atom. The van der Waals surface area contributed by atoms with E-state index in [4.69, 9.17) is 19.5 Å². The normalized spacial score (nSPS) is 20.5. The van der Waals surface area contributed by atoms with Gasteiger partial charge in [0.15, 0.2) is 16.6 Å². The number of aliphatic hydroxyl groups is 2. The SMILES string of the molecule is CC(C)NP(=O)(OCCSC(=O)C(C)(CO)CO)OC[C@H]1CC[C@@H](n2cnc3c(N)ncnc32)O1. The van der Waals surface area contributed by atoms with Crippen molar-refractivity contribution in [1.29, 1.82) is 0 Å². The summed E-state index contributed by atoms with van der Waals surface area (Å²) in [6.07, 6.45) is 3.67. The Hall–Kier alpha value is -1.64. The first-order valence-electron chi connectivity index (χ1n) is 11.2. The summed E-state index contributed by atoms with van der Waals surface area (Å²) >= 11 is 0.895. The Bertz CT molecular complexity index is 1050. The van der Waals surface area contributed by atoms with Crippen LogP contribution in [0.4, 0.5) is 5.82 Å². The smallest absolute Gasteiger partial charge is 0.395 e. The van der Waals surface area contributed by atoms with Gasteiger partial charge < -0.3 is 20.7 Å². The van der Waals surface area contributed by atoms with Crippen LogP contribution in [-0.4, -0.2) is 79.2 Å². The van der Waals surface area contributed by atoms with Gasteiger partial charge >= 0.3 is 7.75 Å². The minimum atomic E-state index is -3.68. The molecule has 3 heterocycles. The van der Waals surface area contributed by atoms with Crippen LogP contribution in [0.1, 0.15) is 39.8 Å². The second-order valence-corrected chi connectivity index (χ2v) is 11.6.